The van der Waals surface area contributed by atoms with E-state index in [1.54, 1.807) is 25.1 Å². The number of benzene rings is 2. The molecule has 0 spiro atoms. The molecule has 0 saturated carbocycles. The fourth-order valence-electron chi connectivity index (χ4n) is 1.93. The number of rotatable bonds is 5. The Hall–Kier alpha value is -2.29. The van der Waals surface area contributed by atoms with Crippen molar-refractivity contribution < 1.29 is 19.4 Å². The molecule has 2 aromatic rings. The molecule has 142 valence electrons. The SMILES string of the molecule is CCOc1cc(/C=N/NC(=O)C(=O)Nc2cccc(Cl)c2Cl)cc(Br)c1O. The van der Waals surface area contributed by atoms with Crippen LogP contribution < -0.4 is 15.5 Å². The van der Waals surface area contributed by atoms with Gasteiger partial charge in [0, 0.05) is 0 Å². The molecule has 0 aliphatic heterocycles. The number of aromatic hydroxyl groups is 1. The van der Waals surface area contributed by atoms with Gasteiger partial charge in [0.2, 0.25) is 0 Å². The second-order valence-electron chi connectivity index (χ2n) is 5.04. The Labute approximate surface area is 173 Å². The molecule has 0 saturated heterocycles. The first-order valence-corrected chi connectivity index (χ1v) is 9.12. The minimum atomic E-state index is -0.995. The van der Waals surface area contributed by atoms with E-state index < -0.39 is 11.8 Å². The molecule has 7 nitrogen and oxygen atoms in total. The molecule has 27 heavy (non-hydrogen) atoms. The van der Waals surface area contributed by atoms with Gasteiger partial charge in [0.25, 0.3) is 0 Å². The average Bonchev–Trinajstić information content (AvgIpc) is 2.63. The number of hydrazone groups is 1. The summed E-state index contributed by atoms with van der Waals surface area (Å²) in [5, 5.41) is 16.3. The second kappa shape index (κ2) is 9.59. The molecular weight excluding hydrogens is 461 g/mol. The Morgan fingerprint density at radius 2 is 2.04 bits per heavy atom. The molecule has 0 fully saturated rings. The van der Waals surface area contributed by atoms with E-state index in [0.29, 0.717) is 16.6 Å². The zero-order chi connectivity index (χ0) is 20.0. The highest BCUT2D eigenvalue weighted by Crippen LogP contribution is 2.35. The zero-order valence-corrected chi connectivity index (χ0v) is 17.0. The summed E-state index contributed by atoms with van der Waals surface area (Å²) >= 11 is 15.0. The van der Waals surface area contributed by atoms with Crippen LogP contribution in [0.25, 0.3) is 0 Å². The van der Waals surface area contributed by atoms with E-state index in [-0.39, 0.29) is 27.2 Å². The van der Waals surface area contributed by atoms with Crippen molar-refractivity contribution in [3.05, 3.63) is 50.4 Å². The molecule has 0 bridgehead atoms. The number of carbonyl (C=O) groups excluding carboxylic acids is 2. The average molecular weight is 475 g/mol. The number of ether oxygens (including phenoxy) is 1. The Morgan fingerprint density at radius 1 is 1.30 bits per heavy atom. The van der Waals surface area contributed by atoms with Crippen LogP contribution in [0.3, 0.4) is 0 Å². The molecule has 0 atom stereocenters. The van der Waals surface area contributed by atoms with Gasteiger partial charge in [-0.1, -0.05) is 29.3 Å². The number of hydrogen-bond donors (Lipinski definition) is 3. The summed E-state index contributed by atoms with van der Waals surface area (Å²) < 4.78 is 5.69. The van der Waals surface area contributed by atoms with Crippen LogP contribution in [0.4, 0.5) is 5.69 Å². The number of halogens is 3. The van der Waals surface area contributed by atoms with Gasteiger partial charge in [-0.15, -0.1) is 0 Å². The first-order valence-electron chi connectivity index (χ1n) is 7.57. The van der Waals surface area contributed by atoms with Gasteiger partial charge in [-0.3, -0.25) is 9.59 Å². The normalized spacial score (nSPS) is 10.7. The first-order chi connectivity index (χ1) is 12.8. The van der Waals surface area contributed by atoms with Gasteiger partial charge in [0.05, 0.1) is 33.0 Å². The van der Waals surface area contributed by atoms with E-state index in [9.17, 15) is 14.7 Å². The summed E-state index contributed by atoms with van der Waals surface area (Å²) in [5.41, 5.74) is 2.83. The van der Waals surface area contributed by atoms with Gasteiger partial charge in [-0.05, 0) is 52.7 Å². The Morgan fingerprint density at radius 3 is 2.74 bits per heavy atom. The molecule has 2 amide bonds. The van der Waals surface area contributed by atoms with Gasteiger partial charge >= 0.3 is 11.8 Å². The number of anilines is 1. The van der Waals surface area contributed by atoms with Crippen LogP contribution in [0, 0.1) is 0 Å². The van der Waals surface area contributed by atoms with E-state index in [4.69, 9.17) is 27.9 Å². The second-order valence-corrected chi connectivity index (χ2v) is 6.68. The first kappa shape index (κ1) is 21.0. The van der Waals surface area contributed by atoms with E-state index in [1.807, 2.05) is 0 Å². The Balaban J connectivity index is 2.02. The summed E-state index contributed by atoms with van der Waals surface area (Å²) in [4.78, 5) is 23.7. The highest BCUT2D eigenvalue weighted by molar-refractivity contribution is 9.10. The van der Waals surface area contributed by atoms with E-state index in [1.165, 1.54) is 18.3 Å². The monoisotopic (exact) mass is 473 g/mol. The lowest BCUT2D eigenvalue weighted by Gasteiger charge is -2.08. The number of nitrogens with zero attached hydrogens (tertiary/aromatic N) is 1. The van der Waals surface area contributed by atoms with Crippen LogP contribution in [0.1, 0.15) is 12.5 Å². The van der Waals surface area contributed by atoms with Crippen LogP contribution in [0.15, 0.2) is 39.9 Å². The maximum Gasteiger partial charge on any atom is 0.329 e. The van der Waals surface area contributed by atoms with Crippen LogP contribution >= 0.6 is 39.1 Å². The summed E-state index contributed by atoms with van der Waals surface area (Å²) in [6, 6.07) is 7.74. The third-order valence-electron chi connectivity index (χ3n) is 3.14. The standard InChI is InChI=1S/C17H14BrCl2N3O4/c1-2-27-13-7-9(6-10(18)15(13)24)8-21-23-17(26)16(25)22-12-5-3-4-11(19)14(12)20/h3-8,24H,2H2,1H3,(H,22,25)(H,23,26)/b21-8+. The van der Waals surface area contributed by atoms with Crippen molar-refractivity contribution in [2.75, 3.05) is 11.9 Å². The quantitative estimate of drug-likeness (QED) is 0.347. The Bertz CT molecular complexity index is 906. The van der Waals surface area contributed by atoms with Crippen molar-refractivity contribution >= 4 is 62.8 Å². The largest absolute Gasteiger partial charge is 0.503 e. The number of phenols is 1. The predicted molar refractivity (Wildman–Crippen MR) is 108 cm³/mol. The molecule has 3 N–H and O–H groups in total. The highest BCUT2D eigenvalue weighted by Gasteiger charge is 2.15. The van der Waals surface area contributed by atoms with Crippen LogP contribution in [-0.4, -0.2) is 29.7 Å². The molecular formula is C17H14BrCl2N3O4. The topological polar surface area (TPSA) is 100 Å². The minimum absolute atomic E-state index is 0.0455. The molecule has 0 aromatic heterocycles. The van der Waals surface area contributed by atoms with Gasteiger partial charge in [0.1, 0.15) is 0 Å². The molecule has 2 aromatic carbocycles. The van der Waals surface area contributed by atoms with Crippen LogP contribution in [-0.2, 0) is 9.59 Å². The van der Waals surface area contributed by atoms with Gasteiger partial charge in [-0.2, -0.15) is 5.10 Å². The molecule has 0 unspecified atom stereocenters. The fraction of sp³-hybridized carbons (Fsp3) is 0.118. The number of amides is 2. The lowest BCUT2D eigenvalue weighted by Crippen LogP contribution is -2.32. The third-order valence-corrected chi connectivity index (χ3v) is 4.56. The highest BCUT2D eigenvalue weighted by atomic mass is 79.9. The maximum atomic E-state index is 11.9. The van der Waals surface area contributed by atoms with E-state index in [0.717, 1.165) is 0 Å². The number of nitrogens with one attached hydrogen (secondary N) is 2. The summed E-state index contributed by atoms with van der Waals surface area (Å²) in [6.07, 6.45) is 1.30. The molecule has 0 aliphatic rings. The molecule has 10 heteroatoms. The minimum Gasteiger partial charge on any atom is -0.503 e. The molecule has 0 aliphatic carbocycles. The van der Waals surface area contributed by atoms with Crippen LogP contribution in [0.5, 0.6) is 11.5 Å². The van der Waals surface area contributed by atoms with Crippen molar-refractivity contribution in [3.8, 4) is 11.5 Å². The summed E-state index contributed by atoms with van der Waals surface area (Å²) in [5.74, 6) is -1.74. The molecule has 0 radical (unpaired) electrons. The molecule has 2 rings (SSSR count). The summed E-state index contributed by atoms with van der Waals surface area (Å²) in [6.45, 7) is 2.14. The number of phenolic OH excluding ortho intramolecular Hbond substituents is 1. The van der Waals surface area contributed by atoms with Gasteiger partial charge < -0.3 is 15.2 Å². The number of carbonyl (C=O) groups is 2. The lowest BCUT2D eigenvalue weighted by atomic mass is 10.2. The van der Waals surface area contributed by atoms with Crippen molar-refractivity contribution in [2.45, 2.75) is 6.92 Å². The van der Waals surface area contributed by atoms with Crippen LogP contribution in [0.2, 0.25) is 10.0 Å². The maximum absolute atomic E-state index is 11.9. The lowest BCUT2D eigenvalue weighted by molar-refractivity contribution is -0.136. The summed E-state index contributed by atoms with van der Waals surface area (Å²) in [7, 11) is 0. The number of hydrogen-bond acceptors (Lipinski definition) is 5. The van der Waals surface area contributed by atoms with Gasteiger partial charge in [-0.25, -0.2) is 5.43 Å². The zero-order valence-electron chi connectivity index (χ0n) is 13.9. The third kappa shape index (κ3) is 5.59. The van der Waals surface area contributed by atoms with E-state index in [2.05, 4.69) is 31.8 Å². The van der Waals surface area contributed by atoms with Crippen molar-refractivity contribution in [1.82, 2.24) is 5.43 Å². The van der Waals surface area contributed by atoms with Crippen molar-refractivity contribution in [2.24, 2.45) is 5.10 Å². The molecule has 0 heterocycles. The smallest absolute Gasteiger partial charge is 0.329 e. The Kier molecular flexibility index (Phi) is 7.46. The van der Waals surface area contributed by atoms with E-state index >= 15 is 0 Å². The van der Waals surface area contributed by atoms with Gasteiger partial charge in [0.15, 0.2) is 11.5 Å². The fourth-order valence-corrected chi connectivity index (χ4v) is 2.74. The van der Waals surface area contributed by atoms with Crippen molar-refractivity contribution in [3.63, 3.8) is 0 Å². The van der Waals surface area contributed by atoms with Crippen molar-refractivity contribution in [1.29, 1.82) is 0 Å². The predicted octanol–water partition coefficient (Wildman–Crippen LogP) is 3.95.